The Labute approximate surface area is 119 Å². The number of pyridine rings is 1. The first-order valence-corrected chi connectivity index (χ1v) is 6.83. The summed E-state index contributed by atoms with van der Waals surface area (Å²) in [6.07, 6.45) is 2.38. The summed E-state index contributed by atoms with van der Waals surface area (Å²) >= 11 is 1.53. The summed E-state index contributed by atoms with van der Waals surface area (Å²) in [6.45, 7) is 2.03. The molecule has 0 aliphatic rings. The SMILES string of the molecule is Cc1nc(C(=O)NCCc2nccs2)ccc1C(=O)O. The number of nitrogens with one attached hydrogen (secondary N) is 1. The molecular formula is C13H13N3O3S. The van der Waals surface area contributed by atoms with Gasteiger partial charge in [-0.3, -0.25) is 4.79 Å². The third kappa shape index (κ3) is 3.39. The van der Waals surface area contributed by atoms with Crippen molar-refractivity contribution in [1.29, 1.82) is 0 Å². The van der Waals surface area contributed by atoms with Crippen LogP contribution in [0.2, 0.25) is 0 Å². The maximum absolute atomic E-state index is 11.9. The highest BCUT2D eigenvalue weighted by Gasteiger charge is 2.12. The molecule has 0 aromatic carbocycles. The third-order valence-electron chi connectivity index (χ3n) is 2.66. The van der Waals surface area contributed by atoms with Crippen molar-refractivity contribution in [2.45, 2.75) is 13.3 Å². The number of nitrogens with zero attached hydrogens (tertiary/aromatic N) is 2. The maximum Gasteiger partial charge on any atom is 0.337 e. The first-order chi connectivity index (χ1) is 9.58. The van der Waals surface area contributed by atoms with Gasteiger partial charge in [0.15, 0.2) is 0 Å². The molecule has 0 fully saturated rings. The van der Waals surface area contributed by atoms with E-state index < -0.39 is 5.97 Å². The molecule has 0 radical (unpaired) electrons. The summed E-state index contributed by atoms with van der Waals surface area (Å²) in [7, 11) is 0. The zero-order valence-corrected chi connectivity index (χ0v) is 11.6. The van der Waals surface area contributed by atoms with E-state index in [2.05, 4.69) is 15.3 Å². The van der Waals surface area contributed by atoms with Gasteiger partial charge < -0.3 is 10.4 Å². The van der Waals surface area contributed by atoms with Gasteiger partial charge in [-0.05, 0) is 19.1 Å². The average molecular weight is 291 g/mol. The minimum absolute atomic E-state index is 0.101. The van der Waals surface area contributed by atoms with Crippen LogP contribution in [-0.2, 0) is 6.42 Å². The van der Waals surface area contributed by atoms with Gasteiger partial charge in [0.2, 0.25) is 0 Å². The van der Waals surface area contributed by atoms with Gasteiger partial charge in [0, 0.05) is 24.5 Å². The molecule has 0 aliphatic carbocycles. The lowest BCUT2D eigenvalue weighted by Gasteiger charge is -2.05. The monoisotopic (exact) mass is 291 g/mol. The fraction of sp³-hybridized carbons (Fsp3) is 0.231. The zero-order valence-electron chi connectivity index (χ0n) is 10.8. The number of carbonyl (C=O) groups is 2. The van der Waals surface area contributed by atoms with E-state index in [0.717, 1.165) is 5.01 Å². The van der Waals surface area contributed by atoms with Crippen LogP contribution in [0.3, 0.4) is 0 Å². The summed E-state index contributed by atoms with van der Waals surface area (Å²) in [6, 6.07) is 2.80. The topological polar surface area (TPSA) is 92.2 Å². The number of carbonyl (C=O) groups excluding carboxylic acids is 1. The second kappa shape index (κ2) is 6.25. The normalized spacial score (nSPS) is 10.2. The second-order valence-corrected chi connectivity index (χ2v) is 5.05. The molecule has 1 amide bonds. The second-order valence-electron chi connectivity index (χ2n) is 4.07. The van der Waals surface area contributed by atoms with Crippen molar-refractivity contribution in [3.8, 4) is 0 Å². The van der Waals surface area contributed by atoms with Gasteiger partial charge in [0.25, 0.3) is 5.91 Å². The lowest BCUT2D eigenvalue weighted by Crippen LogP contribution is -2.27. The van der Waals surface area contributed by atoms with Gasteiger partial charge in [-0.25, -0.2) is 14.8 Å². The fourth-order valence-electron chi connectivity index (χ4n) is 1.66. The molecule has 0 saturated carbocycles. The average Bonchev–Trinajstić information content (AvgIpc) is 2.91. The van der Waals surface area contributed by atoms with E-state index in [1.54, 1.807) is 13.1 Å². The van der Waals surface area contributed by atoms with Crippen molar-refractivity contribution in [3.63, 3.8) is 0 Å². The van der Waals surface area contributed by atoms with Crippen LogP contribution in [0.5, 0.6) is 0 Å². The lowest BCUT2D eigenvalue weighted by molar-refractivity contribution is 0.0694. The quantitative estimate of drug-likeness (QED) is 0.871. The van der Waals surface area contributed by atoms with E-state index in [-0.39, 0.29) is 17.2 Å². The number of carboxylic acids is 1. The highest BCUT2D eigenvalue weighted by molar-refractivity contribution is 7.09. The van der Waals surface area contributed by atoms with Crippen LogP contribution in [0.4, 0.5) is 0 Å². The first-order valence-electron chi connectivity index (χ1n) is 5.95. The Morgan fingerprint density at radius 3 is 2.80 bits per heavy atom. The number of aromatic carboxylic acids is 1. The number of thiazole rings is 1. The Balaban J connectivity index is 1.95. The first kappa shape index (κ1) is 14.1. The van der Waals surface area contributed by atoms with Crippen LogP contribution < -0.4 is 5.32 Å². The molecule has 0 spiro atoms. The van der Waals surface area contributed by atoms with E-state index >= 15 is 0 Å². The number of amides is 1. The largest absolute Gasteiger partial charge is 0.478 e. The lowest BCUT2D eigenvalue weighted by atomic mass is 10.2. The molecule has 2 aromatic heterocycles. The summed E-state index contributed by atoms with van der Waals surface area (Å²) < 4.78 is 0. The number of rotatable bonds is 5. The standard InChI is InChI=1S/C13H13N3O3S/c1-8-9(13(18)19)2-3-10(16-8)12(17)15-5-4-11-14-6-7-20-11/h2-3,6-7H,4-5H2,1H3,(H,15,17)(H,18,19). The summed E-state index contributed by atoms with van der Waals surface area (Å²) in [5.41, 5.74) is 0.640. The van der Waals surface area contributed by atoms with Crippen LogP contribution in [0.25, 0.3) is 0 Å². The molecule has 2 rings (SSSR count). The molecule has 104 valence electrons. The van der Waals surface area contributed by atoms with Crippen molar-refractivity contribution in [3.05, 3.63) is 45.7 Å². The Morgan fingerprint density at radius 1 is 1.40 bits per heavy atom. The number of aromatic nitrogens is 2. The Hall–Kier alpha value is -2.28. The fourth-order valence-corrected chi connectivity index (χ4v) is 2.28. The molecule has 20 heavy (non-hydrogen) atoms. The highest BCUT2D eigenvalue weighted by Crippen LogP contribution is 2.07. The molecule has 0 unspecified atom stereocenters. The molecule has 0 aliphatic heterocycles. The minimum atomic E-state index is -1.05. The molecule has 6 nitrogen and oxygen atoms in total. The van der Waals surface area contributed by atoms with Crippen molar-refractivity contribution in [2.75, 3.05) is 6.54 Å². The summed E-state index contributed by atoms with van der Waals surface area (Å²) in [4.78, 5) is 30.8. The predicted octanol–water partition coefficient (Wildman–Crippen LogP) is 1.52. The van der Waals surface area contributed by atoms with Crippen LogP contribution in [-0.4, -0.2) is 33.5 Å². The summed E-state index contributed by atoms with van der Waals surface area (Å²) in [5, 5.41) is 14.5. The van der Waals surface area contributed by atoms with Gasteiger partial charge in [-0.2, -0.15) is 0 Å². The van der Waals surface area contributed by atoms with Crippen LogP contribution >= 0.6 is 11.3 Å². The molecular weight excluding hydrogens is 278 g/mol. The maximum atomic E-state index is 11.9. The molecule has 2 N–H and O–H groups in total. The van der Waals surface area contributed by atoms with E-state index in [1.807, 2.05) is 5.38 Å². The van der Waals surface area contributed by atoms with Crippen molar-refractivity contribution < 1.29 is 14.7 Å². The molecule has 0 saturated heterocycles. The van der Waals surface area contributed by atoms with E-state index in [0.29, 0.717) is 18.7 Å². The zero-order chi connectivity index (χ0) is 14.5. The van der Waals surface area contributed by atoms with Crippen LogP contribution in [0, 0.1) is 6.92 Å². The smallest absolute Gasteiger partial charge is 0.337 e. The van der Waals surface area contributed by atoms with Crippen molar-refractivity contribution in [2.24, 2.45) is 0 Å². The number of aryl methyl sites for hydroxylation is 1. The van der Waals surface area contributed by atoms with E-state index in [4.69, 9.17) is 5.11 Å². The number of hydrogen-bond donors (Lipinski definition) is 2. The molecule has 2 aromatic rings. The van der Waals surface area contributed by atoms with Gasteiger partial charge in [-0.1, -0.05) is 0 Å². The van der Waals surface area contributed by atoms with Crippen LogP contribution in [0.15, 0.2) is 23.7 Å². The molecule has 0 bridgehead atoms. The van der Waals surface area contributed by atoms with Gasteiger partial charge in [0.05, 0.1) is 16.3 Å². The van der Waals surface area contributed by atoms with E-state index in [9.17, 15) is 9.59 Å². The minimum Gasteiger partial charge on any atom is -0.478 e. The number of carboxylic acid groups (broad SMARTS) is 1. The third-order valence-corrected chi connectivity index (χ3v) is 3.50. The van der Waals surface area contributed by atoms with Gasteiger partial charge in [0.1, 0.15) is 5.69 Å². The van der Waals surface area contributed by atoms with Gasteiger partial charge in [-0.15, -0.1) is 11.3 Å². The summed E-state index contributed by atoms with van der Waals surface area (Å²) in [5.74, 6) is -1.37. The van der Waals surface area contributed by atoms with Crippen molar-refractivity contribution >= 4 is 23.2 Å². The van der Waals surface area contributed by atoms with E-state index in [1.165, 1.54) is 23.5 Å². The Morgan fingerprint density at radius 2 is 2.20 bits per heavy atom. The van der Waals surface area contributed by atoms with Crippen LogP contribution in [0.1, 0.15) is 31.5 Å². The Bertz CT molecular complexity index is 626. The predicted molar refractivity (Wildman–Crippen MR) is 74.1 cm³/mol. The molecule has 2 heterocycles. The molecule has 7 heteroatoms. The van der Waals surface area contributed by atoms with Gasteiger partial charge >= 0.3 is 5.97 Å². The highest BCUT2D eigenvalue weighted by atomic mass is 32.1. The Kier molecular flexibility index (Phi) is 4.41. The van der Waals surface area contributed by atoms with Crippen molar-refractivity contribution in [1.82, 2.24) is 15.3 Å². The number of hydrogen-bond acceptors (Lipinski definition) is 5. The molecule has 0 atom stereocenters.